The zero-order valence-corrected chi connectivity index (χ0v) is 10.5. The second kappa shape index (κ2) is 6.48. The van der Waals surface area contributed by atoms with Gasteiger partial charge in [-0.15, -0.1) is 0 Å². The van der Waals surface area contributed by atoms with Gasteiger partial charge in [0.25, 0.3) is 0 Å². The lowest BCUT2D eigenvalue weighted by Crippen LogP contribution is -1.95. The van der Waals surface area contributed by atoms with Gasteiger partial charge in [0.1, 0.15) is 18.1 Å². The fourth-order valence-corrected chi connectivity index (χ4v) is 1.58. The summed E-state index contributed by atoms with van der Waals surface area (Å²) < 4.78 is 5.67. The Bertz CT molecular complexity index is 594. The molecule has 3 nitrogen and oxygen atoms in total. The third-order valence-electron chi connectivity index (χ3n) is 2.51. The van der Waals surface area contributed by atoms with Gasteiger partial charge < -0.3 is 15.6 Å². The fraction of sp³-hybridized carbons (Fsp3) is 0.125. The van der Waals surface area contributed by atoms with Crippen molar-refractivity contribution in [2.24, 2.45) is 5.73 Å². The van der Waals surface area contributed by atoms with Crippen molar-refractivity contribution in [1.29, 1.82) is 0 Å². The highest BCUT2D eigenvalue weighted by molar-refractivity contribution is 5.40. The minimum absolute atomic E-state index is 0.253. The zero-order valence-electron chi connectivity index (χ0n) is 10.5. The van der Waals surface area contributed by atoms with Crippen molar-refractivity contribution < 1.29 is 9.84 Å². The van der Waals surface area contributed by atoms with E-state index in [1.807, 2.05) is 36.4 Å². The van der Waals surface area contributed by atoms with Crippen molar-refractivity contribution in [1.82, 2.24) is 0 Å². The van der Waals surface area contributed by atoms with E-state index in [-0.39, 0.29) is 5.75 Å². The van der Waals surface area contributed by atoms with E-state index in [1.165, 1.54) is 0 Å². The van der Waals surface area contributed by atoms with E-state index in [9.17, 15) is 5.11 Å². The molecule has 0 spiro atoms. The number of nitrogens with two attached hydrogens (primary N) is 1. The highest BCUT2D eigenvalue weighted by atomic mass is 16.5. The van der Waals surface area contributed by atoms with Gasteiger partial charge in [-0.25, -0.2) is 0 Å². The minimum Gasteiger partial charge on any atom is -0.508 e. The van der Waals surface area contributed by atoms with Crippen molar-refractivity contribution in [3.8, 4) is 23.3 Å². The van der Waals surface area contributed by atoms with Crippen molar-refractivity contribution in [3.05, 3.63) is 59.7 Å². The molecule has 2 rings (SSSR count). The molecule has 0 saturated heterocycles. The Morgan fingerprint density at radius 2 is 1.89 bits per heavy atom. The summed E-state index contributed by atoms with van der Waals surface area (Å²) in [5, 5.41) is 9.19. The van der Waals surface area contributed by atoms with Crippen molar-refractivity contribution in [2.75, 3.05) is 6.54 Å². The van der Waals surface area contributed by atoms with Crippen molar-refractivity contribution in [3.63, 3.8) is 0 Å². The summed E-state index contributed by atoms with van der Waals surface area (Å²) in [5.41, 5.74) is 7.22. The molecule has 3 heteroatoms. The molecule has 3 N–H and O–H groups in total. The third kappa shape index (κ3) is 4.06. The van der Waals surface area contributed by atoms with Gasteiger partial charge in [0, 0.05) is 5.56 Å². The number of hydrogen-bond acceptors (Lipinski definition) is 3. The average Bonchev–Trinajstić information content (AvgIpc) is 2.45. The zero-order chi connectivity index (χ0) is 13.5. The van der Waals surface area contributed by atoms with Crippen LogP contribution in [-0.2, 0) is 6.61 Å². The topological polar surface area (TPSA) is 55.5 Å². The molecule has 0 unspecified atom stereocenters. The molecule has 0 atom stereocenters. The van der Waals surface area contributed by atoms with Crippen LogP contribution in [0.25, 0.3) is 0 Å². The number of phenols is 1. The Labute approximate surface area is 112 Å². The standard InChI is InChI=1S/C16H15NO2/c17-10-2-4-13-3-1-5-16(11-13)19-12-14-6-8-15(18)9-7-14/h1,3,5-9,11,18H,10,12,17H2. The van der Waals surface area contributed by atoms with E-state index in [4.69, 9.17) is 10.5 Å². The lowest BCUT2D eigenvalue weighted by Gasteiger charge is -2.06. The summed E-state index contributed by atoms with van der Waals surface area (Å²) in [4.78, 5) is 0. The number of benzene rings is 2. The Morgan fingerprint density at radius 1 is 1.11 bits per heavy atom. The normalized spacial score (nSPS) is 9.53. The van der Waals surface area contributed by atoms with Crippen LogP contribution in [-0.4, -0.2) is 11.7 Å². The average molecular weight is 253 g/mol. The molecule has 2 aromatic rings. The molecule has 96 valence electrons. The van der Waals surface area contributed by atoms with Crippen molar-refractivity contribution >= 4 is 0 Å². The SMILES string of the molecule is NCC#Cc1cccc(OCc2ccc(O)cc2)c1. The van der Waals surface area contributed by atoms with Crippen LogP contribution >= 0.6 is 0 Å². The molecule has 19 heavy (non-hydrogen) atoms. The summed E-state index contributed by atoms with van der Waals surface area (Å²) in [5.74, 6) is 6.78. The molecule has 0 aliphatic heterocycles. The lowest BCUT2D eigenvalue weighted by atomic mass is 10.2. The van der Waals surface area contributed by atoms with Crippen LogP contribution in [0.3, 0.4) is 0 Å². The number of aromatic hydroxyl groups is 1. The summed E-state index contributed by atoms with van der Waals surface area (Å²) in [7, 11) is 0. The van der Waals surface area contributed by atoms with Crippen LogP contribution in [0.4, 0.5) is 0 Å². The third-order valence-corrected chi connectivity index (χ3v) is 2.51. The molecule has 0 aromatic heterocycles. The molecule has 0 heterocycles. The Kier molecular flexibility index (Phi) is 4.44. The first-order valence-corrected chi connectivity index (χ1v) is 5.97. The number of ether oxygens (including phenoxy) is 1. The highest BCUT2D eigenvalue weighted by Gasteiger charge is 1.97. The fourth-order valence-electron chi connectivity index (χ4n) is 1.58. The maximum Gasteiger partial charge on any atom is 0.121 e. The van der Waals surface area contributed by atoms with Crippen LogP contribution in [0.5, 0.6) is 11.5 Å². The molecule has 0 bridgehead atoms. The summed E-state index contributed by atoms with van der Waals surface area (Å²) in [6, 6.07) is 14.5. The maximum atomic E-state index is 9.19. The predicted octanol–water partition coefficient (Wildman–Crippen LogP) is 2.28. The quantitative estimate of drug-likeness (QED) is 0.825. The first-order chi connectivity index (χ1) is 9.28. The second-order valence-electron chi connectivity index (χ2n) is 3.99. The molecule has 0 aliphatic rings. The Balaban J connectivity index is 2.01. The minimum atomic E-state index is 0.253. The maximum absolute atomic E-state index is 9.19. The largest absolute Gasteiger partial charge is 0.508 e. The highest BCUT2D eigenvalue weighted by Crippen LogP contribution is 2.16. The molecular formula is C16H15NO2. The van der Waals surface area contributed by atoms with E-state index in [1.54, 1.807) is 12.1 Å². The summed E-state index contributed by atoms with van der Waals surface area (Å²) in [6.07, 6.45) is 0. The van der Waals surface area contributed by atoms with E-state index in [0.717, 1.165) is 16.9 Å². The van der Waals surface area contributed by atoms with Gasteiger partial charge in [-0.3, -0.25) is 0 Å². The molecule has 0 saturated carbocycles. The van der Waals surface area contributed by atoms with Crippen molar-refractivity contribution in [2.45, 2.75) is 6.61 Å². The molecule has 2 aromatic carbocycles. The molecule has 0 fully saturated rings. The Morgan fingerprint density at radius 3 is 2.63 bits per heavy atom. The monoisotopic (exact) mass is 253 g/mol. The first kappa shape index (κ1) is 13.0. The predicted molar refractivity (Wildman–Crippen MR) is 74.8 cm³/mol. The van der Waals surface area contributed by atoms with Crippen LogP contribution < -0.4 is 10.5 Å². The van der Waals surface area contributed by atoms with Gasteiger partial charge >= 0.3 is 0 Å². The Hall–Kier alpha value is -2.44. The van der Waals surface area contributed by atoms with E-state index in [0.29, 0.717) is 13.2 Å². The molecule has 0 amide bonds. The van der Waals surface area contributed by atoms with E-state index in [2.05, 4.69) is 11.8 Å². The molecule has 0 radical (unpaired) electrons. The first-order valence-electron chi connectivity index (χ1n) is 5.97. The smallest absolute Gasteiger partial charge is 0.121 e. The summed E-state index contributed by atoms with van der Waals surface area (Å²) >= 11 is 0. The van der Waals surface area contributed by atoms with E-state index >= 15 is 0 Å². The van der Waals surface area contributed by atoms with Gasteiger partial charge in [0.15, 0.2) is 0 Å². The second-order valence-corrected chi connectivity index (χ2v) is 3.99. The van der Waals surface area contributed by atoms with Gasteiger partial charge in [-0.05, 0) is 35.9 Å². The van der Waals surface area contributed by atoms with Crippen LogP contribution in [0.15, 0.2) is 48.5 Å². The van der Waals surface area contributed by atoms with Gasteiger partial charge in [-0.1, -0.05) is 30.0 Å². The molecule has 0 aliphatic carbocycles. The van der Waals surface area contributed by atoms with Crippen LogP contribution in [0.1, 0.15) is 11.1 Å². The van der Waals surface area contributed by atoms with Crippen LogP contribution in [0, 0.1) is 11.8 Å². The van der Waals surface area contributed by atoms with Gasteiger partial charge in [0.05, 0.1) is 6.54 Å². The number of rotatable bonds is 3. The van der Waals surface area contributed by atoms with Crippen LogP contribution in [0.2, 0.25) is 0 Å². The number of hydrogen-bond donors (Lipinski definition) is 2. The van der Waals surface area contributed by atoms with Gasteiger partial charge in [-0.2, -0.15) is 0 Å². The number of phenolic OH excluding ortho intramolecular Hbond substituents is 1. The lowest BCUT2D eigenvalue weighted by molar-refractivity contribution is 0.306. The van der Waals surface area contributed by atoms with Gasteiger partial charge in [0.2, 0.25) is 0 Å². The van der Waals surface area contributed by atoms with E-state index < -0.39 is 0 Å². The summed E-state index contributed by atoms with van der Waals surface area (Å²) in [6.45, 7) is 0.798. The molecular weight excluding hydrogens is 238 g/mol.